The number of anilines is 1. The number of carbonyl (C=O) groups is 1. The number of aromatic nitrogens is 4. The number of hydrogen-bond donors (Lipinski definition) is 0. The standard InChI is InChI=1S/C29H29FN6O2.CH3Cl/c1-5-24(37)34-14-16-35(17-15-34)27-21-10-11-23(20-8-6-7-9-22(20)30)32-28(21)36(29(38)33-27)26-19(4)12-13-31-25(26)18(2)3;1-2/h5-13,18H,1,14-17H2,2-4H3;1H3. The lowest BCUT2D eigenvalue weighted by Crippen LogP contribution is -2.49. The number of amides is 1. The molecule has 1 aliphatic heterocycles. The fourth-order valence-electron chi connectivity index (χ4n) is 4.90. The van der Waals surface area contributed by atoms with Gasteiger partial charge in [0.25, 0.3) is 0 Å². The molecule has 4 aromatic rings. The van der Waals surface area contributed by atoms with Crippen LogP contribution < -0.4 is 10.6 Å². The van der Waals surface area contributed by atoms with Gasteiger partial charge in [-0.25, -0.2) is 18.7 Å². The Bertz CT molecular complexity index is 1610. The summed E-state index contributed by atoms with van der Waals surface area (Å²) in [4.78, 5) is 43.5. The molecule has 5 rings (SSSR count). The highest BCUT2D eigenvalue weighted by molar-refractivity contribution is 6.15. The van der Waals surface area contributed by atoms with E-state index in [0.29, 0.717) is 60.0 Å². The average Bonchev–Trinajstić information content (AvgIpc) is 2.98. The van der Waals surface area contributed by atoms with Crippen molar-refractivity contribution in [3.05, 3.63) is 88.9 Å². The second-order valence-corrected chi connectivity index (χ2v) is 9.63. The summed E-state index contributed by atoms with van der Waals surface area (Å²) in [6.45, 7) is 11.5. The molecule has 1 aliphatic rings. The van der Waals surface area contributed by atoms with Crippen molar-refractivity contribution in [2.75, 3.05) is 37.5 Å². The Hall–Kier alpha value is -4.11. The molecule has 40 heavy (non-hydrogen) atoms. The fourth-order valence-corrected chi connectivity index (χ4v) is 4.90. The van der Waals surface area contributed by atoms with Crippen LogP contribution >= 0.6 is 11.6 Å². The van der Waals surface area contributed by atoms with Gasteiger partial charge in [0, 0.05) is 44.3 Å². The second-order valence-electron chi connectivity index (χ2n) is 9.63. The molecule has 8 nitrogen and oxygen atoms in total. The maximum atomic E-state index is 14.7. The van der Waals surface area contributed by atoms with Crippen LogP contribution in [0.5, 0.6) is 0 Å². The van der Waals surface area contributed by atoms with Crippen molar-refractivity contribution in [2.24, 2.45) is 0 Å². The predicted octanol–water partition coefficient (Wildman–Crippen LogP) is 5.10. The highest BCUT2D eigenvalue weighted by Gasteiger charge is 2.26. The first-order chi connectivity index (χ1) is 19.3. The van der Waals surface area contributed by atoms with Crippen LogP contribution in [0.15, 0.2) is 66.1 Å². The fraction of sp³-hybridized carbons (Fsp3) is 0.300. The summed E-state index contributed by atoms with van der Waals surface area (Å²) < 4.78 is 16.2. The van der Waals surface area contributed by atoms with Crippen LogP contribution in [0.1, 0.15) is 31.0 Å². The van der Waals surface area contributed by atoms with Crippen molar-refractivity contribution in [3.63, 3.8) is 0 Å². The third-order valence-electron chi connectivity index (χ3n) is 6.86. The van der Waals surface area contributed by atoms with Gasteiger partial charge in [-0.2, -0.15) is 4.98 Å². The maximum absolute atomic E-state index is 14.7. The molecule has 1 aromatic carbocycles. The molecule has 4 heterocycles. The number of carbonyl (C=O) groups excluding carboxylic acids is 1. The summed E-state index contributed by atoms with van der Waals surface area (Å²) >= 11 is 4.64. The molecule has 1 amide bonds. The number of aryl methyl sites for hydroxylation is 1. The third-order valence-corrected chi connectivity index (χ3v) is 6.86. The molecular formula is C30H32ClFN6O2. The Kier molecular flexibility index (Phi) is 8.94. The number of piperazine rings is 1. The molecule has 0 radical (unpaired) electrons. The Morgan fingerprint density at radius 2 is 1.75 bits per heavy atom. The lowest BCUT2D eigenvalue weighted by atomic mass is 10.0. The van der Waals surface area contributed by atoms with Crippen molar-refractivity contribution in [1.29, 1.82) is 0 Å². The monoisotopic (exact) mass is 562 g/mol. The molecule has 0 spiro atoms. The number of pyridine rings is 2. The Morgan fingerprint density at radius 3 is 2.40 bits per heavy atom. The molecule has 0 saturated carbocycles. The molecule has 0 aliphatic carbocycles. The molecule has 1 fully saturated rings. The Morgan fingerprint density at radius 1 is 1.05 bits per heavy atom. The van der Waals surface area contributed by atoms with Gasteiger partial charge in [-0.1, -0.05) is 32.6 Å². The lowest BCUT2D eigenvalue weighted by Gasteiger charge is -2.35. The zero-order valence-electron chi connectivity index (χ0n) is 23.1. The number of fused-ring (bicyclic) bond motifs is 1. The smallest absolute Gasteiger partial charge is 0.352 e. The molecule has 0 N–H and O–H groups in total. The number of rotatable bonds is 5. The van der Waals surface area contributed by atoms with Gasteiger partial charge in [0.05, 0.1) is 22.5 Å². The average molecular weight is 563 g/mol. The lowest BCUT2D eigenvalue weighted by molar-refractivity contribution is -0.126. The van der Waals surface area contributed by atoms with Crippen LogP contribution in [0.3, 0.4) is 0 Å². The first kappa shape index (κ1) is 28.9. The number of benzene rings is 1. The van der Waals surface area contributed by atoms with Crippen LogP contribution in [0, 0.1) is 12.7 Å². The van der Waals surface area contributed by atoms with E-state index < -0.39 is 11.5 Å². The van der Waals surface area contributed by atoms with E-state index in [0.717, 1.165) is 11.3 Å². The van der Waals surface area contributed by atoms with E-state index in [1.54, 1.807) is 35.4 Å². The van der Waals surface area contributed by atoms with Crippen molar-refractivity contribution in [1.82, 2.24) is 24.4 Å². The predicted molar refractivity (Wildman–Crippen MR) is 158 cm³/mol. The van der Waals surface area contributed by atoms with Crippen molar-refractivity contribution in [2.45, 2.75) is 26.7 Å². The van der Waals surface area contributed by atoms with E-state index >= 15 is 0 Å². The summed E-state index contributed by atoms with van der Waals surface area (Å²) in [5.74, 6) is 0.0113. The molecule has 0 unspecified atom stereocenters. The zero-order valence-corrected chi connectivity index (χ0v) is 23.8. The highest BCUT2D eigenvalue weighted by Crippen LogP contribution is 2.31. The number of hydrogen-bond acceptors (Lipinski definition) is 6. The molecule has 3 aromatic heterocycles. The molecule has 10 heteroatoms. The van der Waals surface area contributed by atoms with Crippen molar-refractivity contribution >= 4 is 34.4 Å². The van der Waals surface area contributed by atoms with Gasteiger partial charge in [0.15, 0.2) is 5.65 Å². The second kappa shape index (κ2) is 12.4. The SMILES string of the molecule is C=CC(=O)N1CCN(c2nc(=O)n(-c3c(C)ccnc3C(C)C)c3nc(-c4ccccc4F)ccc23)CC1.CCl. The van der Waals surface area contributed by atoms with Crippen molar-refractivity contribution in [3.8, 4) is 16.9 Å². The van der Waals surface area contributed by atoms with Crippen LogP contribution in [0.25, 0.3) is 28.0 Å². The summed E-state index contributed by atoms with van der Waals surface area (Å²) in [6, 6.07) is 11.9. The Balaban J connectivity index is 0.00000181. The van der Waals surface area contributed by atoms with Crippen LogP contribution in [0.4, 0.5) is 10.2 Å². The minimum absolute atomic E-state index is 0.0387. The summed E-state index contributed by atoms with van der Waals surface area (Å²) in [7, 11) is 0. The topological polar surface area (TPSA) is 84.2 Å². The third kappa shape index (κ3) is 5.47. The number of alkyl halides is 1. The van der Waals surface area contributed by atoms with Gasteiger partial charge in [0.2, 0.25) is 5.91 Å². The molecular weight excluding hydrogens is 531 g/mol. The number of nitrogens with zero attached hydrogens (tertiary/aromatic N) is 6. The first-order valence-corrected chi connectivity index (χ1v) is 13.7. The summed E-state index contributed by atoms with van der Waals surface area (Å²) in [5, 5.41) is 0.658. The summed E-state index contributed by atoms with van der Waals surface area (Å²) in [6.07, 6.45) is 4.51. The summed E-state index contributed by atoms with van der Waals surface area (Å²) in [5.41, 5.74) is 2.88. The quantitative estimate of drug-likeness (QED) is 0.248. The highest BCUT2D eigenvalue weighted by atomic mass is 35.5. The first-order valence-electron chi connectivity index (χ1n) is 13.0. The van der Waals surface area contributed by atoms with E-state index in [9.17, 15) is 14.0 Å². The van der Waals surface area contributed by atoms with Crippen LogP contribution in [-0.2, 0) is 4.79 Å². The largest absolute Gasteiger partial charge is 0.355 e. The van der Waals surface area contributed by atoms with E-state index in [1.165, 1.54) is 23.1 Å². The zero-order chi connectivity index (χ0) is 29.0. The van der Waals surface area contributed by atoms with Gasteiger partial charge in [-0.15, -0.1) is 11.6 Å². The van der Waals surface area contributed by atoms with Crippen LogP contribution in [0.2, 0.25) is 0 Å². The van der Waals surface area contributed by atoms with E-state index in [4.69, 9.17) is 4.98 Å². The molecule has 1 saturated heterocycles. The van der Waals surface area contributed by atoms with E-state index in [-0.39, 0.29) is 11.8 Å². The van der Waals surface area contributed by atoms with Gasteiger partial charge < -0.3 is 9.80 Å². The molecule has 0 bridgehead atoms. The van der Waals surface area contributed by atoms with E-state index in [2.05, 4.69) is 28.1 Å². The van der Waals surface area contributed by atoms with Gasteiger partial charge in [0.1, 0.15) is 11.6 Å². The van der Waals surface area contributed by atoms with Crippen molar-refractivity contribution < 1.29 is 9.18 Å². The minimum atomic E-state index is -0.492. The van der Waals surface area contributed by atoms with E-state index in [1.807, 2.05) is 37.8 Å². The van der Waals surface area contributed by atoms with Crippen LogP contribution in [-0.4, -0.2) is 62.9 Å². The van der Waals surface area contributed by atoms with Gasteiger partial charge in [-0.05, 0) is 54.8 Å². The van der Waals surface area contributed by atoms with Gasteiger partial charge >= 0.3 is 5.69 Å². The normalized spacial score (nSPS) is 13.3. The van der Waals surface area contributed by atoms with Gasteiger partial charge in [-0.3, -0.25) is 9.78 Å². The Labute approximate surface area is 237 Å². The maximum Gasteiger partial charge on any atom is 0.355 e. The minimum Gasteiger partial charge on any atom is -0.352 e. The molecule has 0 atom stereocenters. The molecule has 208 valence electrons. The number of halogens is 2.